The summed E-state index contributed by atoms with van der Waals surface area (Å²) in [6.07, 6.45) is 6.78. The zero-order chi connectivity index (χ0) is 16.9. The Bertz CT molecular complexity index is 619. The Labute approximate surface area is 138 Å². The number of sulfonamides is 1. The van der Waals surface area contributed by atoms with Gasteiger partial charge in [0.1, 0.15) is 0 Å². The summed E-state index contributed by atoms with van der Waals surface area (Å²) < 4.78 is 25.3. The lowest BCUT2D eigenvalue weighted by molar-refractivity contribution is -0.135. The van der Waals surface area contributed by atoms with E-state index >= 15 is 0 Å². The SMILES string of the molecule is CCC1CCCCN1C(=O)CN(Cc1ccccn1)S(C)(=O)=O. The lowest BCUT2D eigenvalue weighted by Crippen LogP contribution is -2.48. The molecule has 0 aliphatic carbocycles. The van der Waals surface area contributed by atoms with Crippen molar-refractivity contribution in [3.8, 4) is 0 Å². The third kappa shape index (κ3) is 5.00. The molecule has 1 atom stereocenters. The van der Waals surface area contributed by atoms with Crippen molar-refractivity contribution < 1.29 is 13.2 Å². The Morgan fingerprint density at radius 3 is 2.78 bits per heavy atom. The van der Waals surface area contributed by atoms with Crippen LogP contribution >= 0.6 is 0 Å². The molecular formula is C16H25N3O3S. The normalized spacial score (nSPS) is 19.1. The molecule has 0 radical (unpaired) electrons. The largest absolute Gasteiger partial charge is 0.339 e. The van der Waals surface area contributed by atoms with Crippen molar-refractivity contribution >= 4 is 15.9 Å². The summed E-state index contributed by atoms with van der Waals surface area (Å²) in [4.78, 5) is 18.6. The van der Waals surface area contributed by atoms with Gasteiger partial charge < -0.3 is 4.90 Å². The molecule has 0 spiro atoms. The van der Waals surface area contributed by atoms with Crippen molar-refractivity contribution in [2.75, 3.05) is 19.3 Å². The summed E-state index contributed by atoms with van der Waals surface area (Å²) >= 11 is 0. The van der Waals surface area contributed by atoms with Gasteiger partial charge in [0.15, 0.2) is 0 Å². The van der Waals surface area contributed by atoms with Crippen molar-refractivity contribution in [1.82, 2.24) is 14.2 Å². The summed E-state index contributed by atoms with van der Waals surface area (Å²) in [5, 5.41) is 0. The maximum absolute atomic E-state index is 12.6. The maximum atomic E-state index is 12.6. The van der Waals surface area contributed by atoms with Crippen LogP contribution in [0.3, 0.4) is 0 Å². The minimum absolute atomic E-state index is 0.113. The number of hydrogen-bond acceptors (Lipinski definition) is 4. The van der Waals surface area contributed by atoms with Crippen LogP contribution in [0, 0.1) is 0 Å². The number of likely N-dealkylation sites (tertiary alicyclic amines) is 1. The fourth-order valence-electron chi connectivity index (χ4n) is 2.96. The Hall–Kier alpha value is -1.47. The second kappa shape index (κ2) is 7.88. The first kappa shape index (κ1) is 17.9. The van der Waals surface area contributed by atoms with Crippen LogP contribution in [0.5, 0.6) is 0 Å². The fourth-order valence-corrected chi connectivity index (χ4v) is 3.67. The number of nitrogens with zero attached hydrogens (tertiary/aromatic N) is 3. The maximum Gasteiger partial charge on any atom is 0.238 e. The van der Waals surface area contributed by atoms with Gasteiger partial charge in [-0.3, -0.25) is 9.78 Å². The Balaban J connectivity index is 2.09. The molecule has 0 N–H and O–H groups in total. The second-order valence-corrected chi connectivity index (χ2v) is 7.98. The first-order chi connectivity index (χ1) is 10.9. The van der Waals surface area contributed by atoms with Crippen molar-refractivity contribution in [2.24, 2.45) is 0 Å². The van der Waals surface area contributed by atoms with Crippen LogP contribution in [0.4, 0.5) is 0 Å². The number of rotatable bonds is 6. The van der Waals surface area contributed by atoms with Crippen molar-refractivity contribution in [2.45, 2.75) is 45.2 Å². The van der Waals surface area contributed by atoms with Gasteiger partial charge in [0.2, 0.25) is 15.9 Å². The monoisotopic (exact) mass is 339 g/mol. The lowest BCUT2D eigenvalue weighted by atomic mass is 10.00. The molecule has 6 nitrogen and oxygen atoms in total. The van der Waals surface area contributed by atoms with Gasteiger partial charge in [-0.15, -0.1) is 0 Å². The van der Waals surface area contributed by atoms with Crippen LogP contribution in [-0.4, -0.2) is 53.9 Å². The van der Waals surface area contributed by atoms with E-state index in [2.05, 4.69) is 11.9 Å². The Kier molecular flexibility index (Phi) is 6.12. The zero-order valence-electron chi connectivity index (χ0n) is 13.8. The third-order valence-corrected chi connectivity index (χ3v) is 5.46. The molecule has 1 amide bonds. The van der Waals surface area contributed by atoms with E-state index in [1.165, 1.54) is 4.31 Å². The molecule has 1 fully saturated rings. The number of amides is 1. The molecule has 7 heteroatoms. The zero-order valence-corrected chi connectivity index (χ0v) is 14.6. The smallest absolute Gasteiger partial charge is 0.238 e. The average Bonchev–Trinajstić information content (AvgIpc) is 2.54. The molecule has 0 bridgehead atoms. The van der Waals surface area contributed by atoms with Gasteiger partial charge in [-0.25, -0.2) is 8.42 Å². The minimum Gasteiger partial charge on any atom is -0.339 e. The lowest BCUT2D eigenvalue weighted by Gasteiger charge is -2.36. The predicted molar refractivity (Wildman–Crippen MR) is 89.1 cm³/mol. The summed E-state index contributed by atoms with van der Waals surface area (Å²) in [6.45, 7) is 2.79. The van der Waals surface area contributed by atoms with Gasteiger partial charge >= 0.3 is 0 Å². The molecule has 1 aliphatic heterocycles. The van der Waals surface area contributed by atoms with Crippen molar-refractivity contribution in [1.29, 1.82) is 0 Å². The van der Waals surface area contributed by atoms with Gasteiger partial charge in [-0.2, -0.15) is 4.31 Å². The number of hydrogen-bond donors (Lipinski definition) is 0. The van der Waals surface area contributed by atoms with E-state index in [1.807, 2.05) is 11.0 Å². The first-order valence-corrected chi connectivity index (χ1v) is 9.91. The van der Waals surface area contributed by atoms with Gasteiger partial charge in [0.05, 0.1) is 25.0 Å². The number of pyridine rings is 1. The van der Waals surface area contributed by atoms with E-state index in [1.54, 1.807) is 18.3 Å². The molecule has 1 aromatic rings. The molecule has 0 saturated carbocycles. The van der Waals surface area contributed by atoms with Crippen LogP contribution in [-0.2, 0) is 21.4 Å². The fraction of sp³-hybridized carbons (Fsp3) is 0.625. The van der Waals surface area contributed by atoms with Gasteiger partial charge in [-0.05, 0) is 37.8 Å². The summed E-state index contributed by atoms with van der Waals surface area (Å²) in [5.41, 5.74) is 0.636. The summed E-state index contributed by atoms with van der Waals surface area (Å²) in [6, 6.07) is 5.58. The topological polar surface area (TPSA) is 70.6 Å². The predicted octanol–water partition coefficient (Wildman–Crippen LogP) is 1.63. The summed E-state index contributed by atoms with van der Waals surface area (Å²) in [7, 11) is -3.48. The van der Waals surface area contributed by atoms with Gasteiger partial charge in [0, 0.05) is 18.8 Å². The highest BCUT2D eigenvalue weighted by molar-refractivity contribution is 7.88. The van der Waals surface area contributed by atoms with E-state index in [-0.39, 0.29) is 25.0 Å². The molecule has 1 unspecified atom stereocenters. The molecular weight excluding hydrogens is 314 g/mol. The summed E-state index contributed by atoms with van der Waals surface area (Å²) in [5.74, 6) is -0.113. The highest BCUT2D eigenvalue weighted by Gasteiger charge is 2.29. The van der Waals surface area contributed by atoms with Crippen LogP contribution in [0.25, 0.3) is 0 Å². The molecule has 0 aromatic carbocycles. The van der Waals surface area contributed by atoms with Crippen molar-refractivity contribution in [3.05, 3.63) is 30.1 Å². The molecule has 1 aromatic heterocycles. The van der Waals surface area contributed by atoms with E-state index < -0.39 is 10.0 Å². The van der Waals surface area contributed by atoms with Crippen LogP contribution in [0.2, 0.25) is 0 Å². The van der Waals surface area contributed by atoms with E-state index in [9.17, 15) is 13.2 Å². The van der Waals surface area contributed by atoms with Crippen LogP contribution in [0.15, 0.2) is 24.4 Å². The molecule has 128 valence electrons. The second-order valence-electron chi connectivity index (χ2n) is 6.00. The van der Waals surface area contributed by atoms with E-state index in [4.69, 9.17) is 0 Å². The van der Waals surface area contributed by atoms with Gasteiger partial charge in [0.25, 0.3) is 0 Å². The molecule has 2 rings (SSSR count). The molecule has 23 heavy (non-hydrogen) atoms. The molecule has 2 heterocycles. The molecule has 1 aliphatic rings. The number of piperidine rings is 1. The number of carbonyl (C=O) groups is 1. The number of aromatic nitrogens is 1. The minimum atomic E-state index is -3.48. The molecule has 1 saturated heterocycles. The quantitative estimate of drug-likeness (QED) is 0.790. The Morgan fingerprint density at radius 1 is 1.39 bits per heavy atom. The average molecular weight is 339 g/mol. The number of carbonyl (C=O) groups excluding carboxylic acids is 1. The Morgan fingerprint density at radius 2 is 2.17 bits per heavy atom. The van der Waals surface area contributed by atoms with Crippen molar-refractivity contribution in [3.63, 3.8) is 0 Å². The van der Waals surface area contributed by atoms with Gasteiger partial charge in [-0.1, -0.05) is 13.0 Å². The van der Waals surface area contributed by atoms with E-state index in [0.717, 1.165) is 38.5 Å². The van der Waals surface area contributed by atoms with E-state index in [0.29, 0.717) is 5.69 Å². The highest BCUT2D eigenvalue weighted by atomic mass is 32.2. The van der Waals surface area contributed by atoms with Crippen LogP contribution in [0.1, 0.15) is 38.3 Å². The highest BCUT2D eigenvalue weighted by Crippen LogP contribution is 2.20. The standard InChI is InChI=1S/C16H25N3O3S/c1-3-15-9-5-7-11-19(15)16(20)13-18(23(2,21)22)12-14-8-4-6-10-17-14/h4,6,8,10,15H,3,5,7,9,11-13H2,1-2H3. The first-order valence-electron chi connectivity index (χ1n) is 8.06. The third-order valence-electron chi connectivity index (χ3n) is 4.26. The van der Waals surface area contributed by atoms with Crippen LogP contribution < -0.4 is 0 Å².